The Morgan fingerprint density at radius 3 is 2.64 bits per heavy atom. The summed E-state index contributed by atoms with van der Waals surface area (Å²) in [5.41, 5.74) is 0.382. The van der Waals surface area contributed by atoms with E-state index in [0.29, 0.717) is 5.56 Å². The van der Waals surface area contributed by atoms with Crippen molar-refractivity contribution in [2.75, 3.05) is 6.54 Å². The predicted molar refractivity (Wildman–Crippen MR) is 97.0 cm³/mol. The standard InChI is InChI=1S/C18H27N3O3S/c1-13-17(10-5-11-19-13)20-18(22)14-6-4-9-16(12-14)25(23,24)21-15-7-2-3-8-15/h4,6,9,12-13,15,17,19,21H,2-3,5,7-8,10-11H2,1H3,(H,20,22). The van der Waals surface area contributed by atoms with Crippen LogP contribution in [0, 0.1) is 0 Å². The molecule has 2 atom stereocenters. The molecule has 3 rings (SSSR count). The maximum absolute atomic E-state index is 12.6. The first kappa shape index (κ1) is 18.4. The molecule has 1 heterocycles. The zero-order chi connectivity index (χ0) is 17.9. The number of carbonyl (C=O) groups is 1. The lowest BCUT2D eigenvalue weighted by atomic mass is 9.99. The number of hydrogen-bond donors (Lipinski definition) is 3. The van der Waals surface area contributed by atoms with Crippen molar-refractivity contribution < 1.29 is 13.2 Å². The molecular formula is C18H27N3O3S. The van der Waals surface area contributed by atoms with Crippen LogP contribution in [-0.2, 0) is 10.0 Å². The summed E-state index contributed by atoms with van der Waals surface area (Å²) in [5.74, 6) is -0.224. The van der Waals surface area contributed by atoms with Crippen LogP contribution in [0.25, 0.3) is 0 Å². The van der Waals surface area contributed by atoms with Crippen LogP contribution in [0.1, 0.15) is 55.8 Å². The third kappa shape index (κ3) is 4.59. The summed E-state index contributed by atoms with van der Waals surface area (Å²) in [5, 5.41) is 6.36. The number of hydrogen-bond acceptors (Lipinski definition) is 4. The second-order valence-corrected chi connectivity index (χ2v) is 8.81. The minimum atomic E-state index is -3.59. The fourth-order valence-corrected chi connectivity index (χ4v) is 4.98. The summed E-state index contributed by atoms with van der Waals surface area (Å²) in [6, 6.07) is 6.58. The van der Waals surface area contributed by atoms with E-state index in [1.54, 1.807) is 18.2 Å². The van der Waals surface area contributed by atoms with Gasteiger partial charge in [0.1, 0.15) is 0 Å². The average Bonchev–Trinajstić information content (AvgIpc) is 3.09. The molecule has 1 aromatic rings. The first-order valence-corrected chi connectivity index (χ1v) is 10.6. The lowest BCUT2D eigenvalue weighted by Crippen LogP contribution is -2.51. The van der Waals surface area contributed by atoms with Crippen LogP contribution in [-0.4, -0.2) is 39.0 Å². The van der Waals surface area contributed by atoms with Gasteiger partial charge < -0.3 is 10.6 Å². The molecule has 1 saturated heterocycles. The number of benzene rings is 1. The first-order valence-electron chi connectivity index (χ1n) is 9.12. The highest BCUT2D eigenvalue weighted by Gasteiger charge is 2.25. The SMILES string of the molecule is CC1NCCCC1NC(=O)c1cccc(S(=O)(=O)NC2CCCC2)c1. The summed E-state index contributed by atoms with van der Waals surface area (Å²) < 4.78 is 27.9. The Morgan fingerprint density at radius 1 is 1.16 bits per heavy atom. The summed E-state index contributed by atoms with van der Waals surface area (Å²) >= 11 is 0. The maximum Gasteiger partial charge on any atom is 0.251 e. The molecule has 1 amide bonds. The van der Waals surface area contributed by atoms with E-state index >= 15 is 0 Å². The molecule has 2 fully saturated rings. The molecule has 7 heteroatoms. The molecule has 1 aromatic carbocycles. The maximum atomic E-state index is 12.6. The molecule has 25 heavy (non-hydrogen) atoms. The number of carbonyl (C=O) groups excluding carboxylic acids is 1. The molecule has 0 bridgehead atoms. The minimum absolute atomic E-state index is 0.0108. The van der Waals surface area contributed by atoms with Gasteiger partial charge in [-0.2, -0.15) is 0 Å². The van der Waals surface area contributed by atoms with Gasteiger partial charge in [0.15, 0.2) is 0 Å². The molecule has 138 valence electrons. The van der Waals surface area contributed by atoms with Crippen LogP contribution in [0.4, 0.5) is 0 Å². The lowest BCUT2D eigenvalue weighted by molar-refractivity contribution is 0.0919. The molecule has 0 spiro atoms. The second-order valence-electron chi connectivity index (χ2n) is 7.10. The van der Waals surface area contributed by atoms with Gasteiger partial charge in [-0.05, 0) is 57.4 Å². The third-order valence-electron chi connectivity index (χ3n) is 5.16. The molecule has 3 N–H and O–H groups in total. The van der Waals surface area contributed by atoms with E-state index in [0.717, 1.165) is 45.1 Å². The quantitative estimate of drug-likeness (QED) is 0.742. The van der Waals surface area contributed by atoms with Gasteiger partial charge in [0, 0.05) is 23.7 Å². The van der Waals surface area contributed by atoms with Crippen LogP contribution in [0.5, 0.6) is 0 Å². The molecule has 2 unspecified atom stereocenters. The van der Waals surface area contributed by atoms with Gasteiger partial charge in [0.05, 0.1) is 4.90 Å². The van der Waals surface area contributed by atoms with E-state index in [2.05, 4.69) is 22.3 Å². The summed E-state index contributed by atoms with van der Waals surface area (Å²) in [6.45, 7) is 3.02. The van der Waals surface area contributed by atoms with Crippen LogP contribution in [0.15, 0.2) is 29.2 Å². The number of piperidine rings is 1. The Kier molecular flexibility index (Phi) is 5.76. The van der Waals surface area contributed by atoms with Crippen molar-refractivity contribution in [2.24, 2.45) is 0 Å². The van der Waals surface area contributed by atoms with E-state index in [9.17, 15) is 13.2 Å². The fraction of sp³-hybridized carbons (Fsp3) is 0.611. The number of rotatable bonds is 5. The Balaban J connectivity index is 1.70. The Bertz CT molecular complexity index is 714. The van der Waals surface area contributed by atoms with Crippen molar-refractivity contribution >= 4 is 15.9 Å². The van der Waals surface area contributed by atoms with Gasteiger partial charge >= 0.3 is 0 Å². The monoisotopic (exact) mass is 365 g/mol. The largest absolute Gasteiger partial charge is 0.348 e. The van der Waals surface area contributed by atoms with Crippen LogP contribution >= 0.6 is 0 Å². The van der Waals surface area contributed by atoms with E-state index in [4.69, 9.17) is 0 Å². The second kappa shape index (κ2) is 7.85. The van der Waals surface area contributed by atoms with Crippen LogP contribution in [0.2, 0.25) is 0 Å². The van der Waals surface area contributed by atoms with E-state index in [-0.39, 0.29) is 28.9 Å². The first-order chi connectivity index (χ1) is 12.0. The normalized spacial score (nSPS) is 25.0. The minimum Gasteiger partial charge on any atom is -0.348 e. The van der Waals surface area contributed by atoms with Crippen molar-refractivity contribution in [3.63, 3.8) is 0 Å². The summed E-state index contributed by atoms with van der Waals surface area (Å²) in [7, 11) is -3.59. The Hall–Kier alpha value is -1.44. The molecule has 1 aliphatic heterocycles. The molecule has 6 nitrogen and oxygen atoms in total. The molecule has 2 aliphatic rings. The number of amides is 1. The van der Waals surface area contributed by atoms with Gasteiger partial charge in [-0.15, -0.1) is 0 Å². The topological polar surface area (TPSA) is 87.3 Å². The highest BCUT2D eigenvalue weighted by atomic mass is 32.2. The van der Waals surface area contributed by atoms with E-state index < -0.39 is 10.0 Å². The van der Waals surface area contributed by atoms with Crippen molar-refractivity contribution in [3.8, 4) is 0 Å². The van der Waals surface area contributed by atoms with E-state index in [1.165, 1.54) is 6.07 Å². The molecule has 1 aliphatic carbocycles. The number of nitrogens with one attached hydrogen (secondary N) is 3. The van der Waals surface area contributed by atoms with Gasteiger partial charge in [-0.1, -0.05) is 18.9 Å². The van der Waals surface area contributed by atoms with E-state index in [1.807, 2.05) is 0 Å². The van der Waals surface area contributed by atoms with Gasteiger partial charge in [0.25, 0.3) is 5.91 Å². The van der Waals surface area contributed by atoms with Gasteiger partial charge in [0.2, 0.25) is 10.0 Å². The highest BCUT2D eigenvalue weighted by molar-refractivity contribution is 7.89. The number of sulfonamides is 1. The summed E-state index contributed by atoms with van der Waals surface area (Å²) in [6.07, 6.45) is 5.83. The molecule has 0 aromatic heterocycles. The van der Waals surface area contributed by atoms with Crippen molar-refractivity contribution in [1.82, 2.24) is 15.4 Å². The van der Waals surface area contributed by atoms with Crippen LogP contribution < -0.4 is 15.4 Å². The lowest BCUT2D eigenvalue weighted by Gasteiger charge is -2.30. The van der Waals surface area contributed by atoms with Gasteiger partial charge in [-0.3, -0.25) is 4.79 Å². The molecule has 0 radical (unpaired) electrons. The zero-order valence-corrected chi connectivity index (χ0v) is 15.4. The fourth-order valence-electron chi connectivity index (χ4n) is 3.63. The Labute approximate surface area is 149 Å². The molecule has 1 saturated carbocycles. The van der Waals surface area contributed by atoms with Gasteiger partial charge in [-0.25, -0.2) is 13.1 Å². The zero-order valence-electron chi connectivity index (χ0n) is 14.6. The Morgan fingerprint density at radius 2 is 1.92 bits per heavy atom. The molecular weight excluding hydrogens is 338 g/mol. The summed E-state index contributed by atoms with van der Waals surface area (Å²) in [4.78, 5) is 12.7. The average molecular weight is 365 g/mol. The van der Waals surface area contributed by atoms with Crippen molar-refractivity contribution in [1.29, 1.82) is 0 Å². The van der Waals surface area contributed by atoms with Crippen molar-refractivity contribution in [3.05, 3.63) is 29.8 Å². The van der Waals surface area contributed by atoms with Crippen molar-refractivity contribution in [2.45, 2.75) is 68.5 Å². The predicted octanol–water partition coefficient (Wildman–Crippen LogP) is 1.78. The van der Waals surface area contributed by atoms with Crippen LogP contribution in [0.3, 0.4) is 0 Å². The third-order valence-corrected chi connectivity index (χ3v) is 6.68. The smallest absolute Gasteiger partial charge is 0.251 e. The highest BCUT2D eigenvalue weighted by Crippen LogP contribution is 2.21.